The van der Waals surface area contributed by atoms with E-state index < -0.39 is 5.97 Å². The van der Waals surface area contributed by atoms with Gasteiger partial charge in [-0.25, -0.2) is 0 Å². The Kier molecular flexibility index (Phi) is 25.8. The van der Waals surface area contributed by atoms with Crippen molar-refractivity contribution in [1.82, 2.24) is 0 Å². The van der Waals surface area contributed by atoms with Gasteiger partial charge < -0.3 is 5.11 Å². The van der Waals surface area contributed by atoms with Crippen molar-refractivity contribution in [1.29, 1.82) is 0 Å². The highest BCUT2D eigenvalue weighted by Gasteiger charge is 2.16. The molecule has 0 amide bonds. The first-order chi connectivity index (χ1) is 15.7. The molecule has 0 aliphatic carbocycles. The van der Waals surface area contributed by atoms with Crippen LogP contribution in [0.3, 0.4) is 0 Å². The highest BCUT2D eigenvalue weighted by atomic mass is 16.4. The predicted molar refractivity (Wildman–Crippen MR) is 142 cm³/mol. The Balaban J connectivity index is 3.44. The van der Waals surface area contributed by atoms with E-state index >= 15 is 0 Å². The summed E-state index contributed by atoms with van der Waals surface area (Å²) >= 11 is 0. The van der Waals surface area contributed by atoms with E-state index in [1.165, 1.54) is 128 Å². The minimum absolute atomic E-state index is 0.105. The van der Waals surface area contributed by atoms with Crippen LogP contribution in [0.5, 0.6) is 0 Å². The Morgan fingerprint density at radius 2 is 0.844 bits per heavy atom. The van der Waals surface area contributed by atoms with Crippen molar-refractivity contribution in [2.24, 2.45) is 5.92 Å². The van der Waals surface area contributed by atoms with Crippen LogP contribution in [-0.4, -0.2) is 11.1 Å². The van der Waals surface area contributed by atoms with Gasteiger partial charge in [0, 0.05) is 0 Å². The van der Waals surface area contributed by atoms with Crippen molar-refractivity contribution in [3.8, 4) is 0 Å². The van der Waals surface area contributed by atoms with Gasteiger partial charge in [-0.15, -0.1) is 0 Å². The van der Waals surface area contributed by atoms with Gasteiger partial charge in [-0.3, -0.25) is 4.79 Å². The second-order valence-corrected chi connectivity index (χ2v) is 10.0. The molecule has 0 aliphatic heterocycles. The normalized spacial score (nSPS) is 12.6. The Morgan fingerprint density at radius 3 is 1.19 bits per heavy atom. The van der Waals surface area contributed by atoms with Crippen LogP contribution in [0, 0.1) is 5.92 Å². The number of carboxylic acid groups (broad SMARTS) is 1. The Labute approximate surface area is 202 Å². The average molecular weight is 451 g/mol. The lowest BCUT2D eigenvalue weighted by Crippen LogP contribution is -2.13. The number of unbranched alkanes of at least 4 members (excludes halogenated alkanes) is 19. The van der Waals surface area contributed by atoms with Gasteiger partial charge in [-0.05, 0) is 38.5 Å². The fraction of sp³-hybridized carbons (Fsp3) is 0.900. The molecule has 190 valence electrons. The van der Waals surface area contributed by atoms with Crippen molar-refractivity contribution in [2.45, 2.75) is 168 Å². The summed E-state index contributed by atoms with van der Waals surface area (Å²) in [5.74, 6) is -0.674. The smallest absolute Gasteiger partial charge is 0.306 e. The number of allylic oxidation sites excluding steroid dienone is 2. The molecular weight excluding hydrogens is 392 g/mol. The molecule has 0 fully saturated rings. The molecule has 0 saturated heterocycles. The Hall–Kier alpha value is -0.790. The molecular formula is C30H58O2. The molecule has 0 aromatic carbocycles. The van der Waals surface area contributed by atoms with Crippen LogP contribution < -0.4 is 0 Å². The average Bonchev–Trinajstić information content (AvgIpc) is 2.78. The SMILES string of the molecule is CCCCCCCC/C=C\CCCCCCCCC(CCCCCCCCCC)C(=O)O. The number of hydrogen-bond acceptors (Lipinski definition) is 1. The van der Waals surface area contributed by atoms with Gasteiger partial charge in [0.2, 0.25) is 0 Å². The number of carbonyl (C=O) groups is 1. The van der Waals surface area contributed by atoms with Gasteiger partial charge in [-0.1, -0.05) is 142 Å². The molecule has 0 bridgehead atoms. The van der Waals surface area contributed by atoms with Gasteiger partial charge >= 0.3 is 5.97 Å². The summed E-state index contributed by atoms with van der Waals surface area (Å²) < 4.78 is 0. The maximum atomic E-state index is 11.5. The van der Waals surface area contributed by atoms with Crippen molar-refractivity contribution in [3.63, 3.8) is 0 Å². The van der Waals surface area contributed by atoms with E-state index in [0.717, 1.165) is 25.7 Å². The van der Waals surface area contributed by atoms with E-state index in [4.69, 9.17) is 0 Å². The Bertz CT molecular complexity index is 402. The molecule has 0 spiro atoms. The van der Waals surface area contributed by atoms with E-state index in [-0.39, 0.29) is 5.92 Å². The van der Waals surface area contributed by atoms with E-state index in [2.05, 4.69) is 26.0 Å². The lowest BCUT2D eigenvalue weighted by molar-refractivity contribution is -0.142. The summed E-state index contributed by atoms with van der Waals surface area (Å²) in [5, 5.41) is 9.49. The minimum Gasteiger partial charge on any atom is -0.481 e. The predicted octanol–water partition coefficient (Wildman–Crippen LogP) is 10.6. The summed E-state index contributed by atoms with van der Waals surface area (Å²) in [4.78, 5) is 11.5. The highest BCUT2D eigenvalue weighted by molar-refractivity contribution is 5.69. The van der Waals surface area contributed by atoms with Crippen LogP contribution in [0.25, 0.3) is 0 Å². The lowest BCUT2D eigenvalue weighted by atomic mass is 9.94. The third-order valence-corrected chi connectivity index (χ3v) is 6.82. The van der Waals surface area contributed by atoms with Gasteiger partial charge in [0.15, 0.2) is 0 Å². The summed E-state index contributed by atoms with van der Waals surface area (Å²) in [6, 6.07) is 0. The summed E-state index contributed by atoms with van der Waals surface area (Å²) in [6.45, 7) is 4.53. The molecule has 1 unspecified atom stereocenters. The quantitative estimate of drug-likeness (QED) is 0.105. The molecule has 0 heterocycles. The summed E-state index contributed by atoms with van der Waals surface area (Å²) in [6.07, 6.45) is 35.1. The molecule has 2 nitrogen and oxygen atoms in total. The van der Waals surface area contributed by atoms with E-state index in [0.29, 0.717) is 0 Å². The monoisotopic (exact) mass is 450 g/mol. The lowest BCUT2D eigenvalue weighted by Gasteiger charge is -2.12. The zero-order valence-corrected chi connectivity index (χ0v) is 22.1. The first kappa shape index (κ1) is 31.2. The molecule has 0 rings (SSSR count). The fourth-order valence-electron chi connectivity index (χ4n) is 4.55. The van der Waals surface area contributed by atoms with Crippen LogP contribution in [0.4, 0.5) is 0 Å². The molecule has 0 aromatic rings. The fourth-order valence-corrected chi connectivity index (χ4v) is 4.55. The number of hydrogen-bond donors (Lipinski definition) is 1. The van der Waals surface area contributed by atoms with Crippen molar-refractivity contribution in [3.05, 3.63) is 12.2 Å². The highest BCUT2D eigenvalue weighted by Crippen LogP contribution is 2.20. The molecule has 0 aromatic heterocycles. The first-order valence-electron chi connectivity index (χ1n) is 14.6. The molecule has 0 saturated carbocycles. The van der Waals surface area contributed by atoms with Crippen LogP contribution in [-0.2, 0) is 4.79 Å². The van der Waals surface area contributed by atoms with E-state index in [9.17, 15) is 9.90 Å². The van der Waals surface area contributed by atoms with Gasteiger partial charge in [0.1, 0.15) is 0 Å². The molecule has 0 radical (unpaired) electrons. The van der Waals surface area contributed by atoms with E-state index in [1.807, 2.05) is 0 Å². The van der Waals surface area contributed by atoms with E-state index in [1.54, 1.807) is 0 Å². The van der Waals surface area contributed by atoms with Crippen LogP contribution in [0.15, 0.2) is 12.2 Å². The number of carboxylic acids is 1. The second kappa shape index (κ2) is 26.5. The second-order valence-electron chi connectivity index (χ2n) is 10.0. The molecule has 32 heavy (non-hydrogen) atoms. The largest absolute Gasteiger partial charge is 0.481 e. The van der Waals surface area contributed by atoms with Crippen LogP contribution >= 0.6 is 0 Å². The first-order valence-corrected chi connectivity index (χ1v) is 14.6. The third-order valence-electron chi connectivity index (χ3n) is 6.82. The van der Waals surface area contributed by atoms with Crippen molar-refractivity contribution < 1.29 is 9.90 Å². The number of aliphatic carboxylic acids is 1. The van der Waals surface area contributed by atoms with Gasteiger partial charge in [0.25, 0.3) is 0 Å². The van der Waals surface area contributed by atoms with Crippen LogP contribution in [0.1, 0.15) is 168 Å². The maximum absolute atomic E-state index is 11.5. The van der Waals surface area contributed by atoms with Gasteiger partial charge in [0.05, 0.1) is 5.92 Å². The third kappa shape index (κ3) is 23.9. The minimum atomic E-state index is -0.569. The zero-order chi connectivity index (χ0) is 23.5. The zero-order valence-electron chi connectivity index (χ0n) is 22.1. The summed E-state index contributed by atoms with van der Waals surface area (Å²) in [5.41, 5.74) is 0. The van der Waals surface area contributed by atoms with Crippen molar-refractivity contribution >= 4 is 5.97 Å². The number of rotatable bonds is 26. The molecule has 2 heteroatoms. The molecule has 1 atom stereocenters. The van der Waals surface area contributed by atoms with Crippen LogP contribution in [0.2, 0.25) is 0 Å². The maximum Gasteiger partial charge on any atom is 0.306 e. The standard InChI is InChI=1S/C30H58O2/c1-3-5-7-9-11-13-14-15-16-17-18-19-20-22-24-26-28-29(30(31)32)27-25-23-21-12-10-8-6-4-2/h15-16,29H,3-14,17-28H2,1-2H3,(H,31,32)/b16-15-. The summed E-state index contributed by atoms with van der Waals surface area (Å²) in [7, 11) is 0. The molecule has 0 aliphatic rings. The topological polar surface area (TPSA) is 37.3 Å². The van der Waals surface area contributed by atoms with Gasteiger partial charge in [-0.2, -0.15) is 0 Å². The molecule has 1 N–H and O–H groups in total. The Morgan fingerprint density at radius 1 is 0.531 bits per heavy atom. The van der Waals surface area contributed by atoms with Crippen molar-refractivity contribution in [2.75, 3.05) is 0 Å².